The topological polar surface area (TPSA) is 90.0 Å². The highest BCUT2D eigenvalue weighted by Gasteiger charge is 2.19. The molecular formula is C18H29ClN4O2S. The van der Waals surface area contributed by atoms with E-state index >= 15 is 0 Å². The third-order valence-electron chi connectivity index (χ3n) is 3.99. The summed E-state index contributed by atoms with van der Waals surface area (Å²) in [7, 11) is -3.66. The first-order chi connectivity index (χ1) is 11.7. The minimum atomic E-state index is -3.66. The number of nitrogens with one attached hydrogen (secondary N) is 1. The van der Waals surface area contributed by atoms with Crippen LogP contribution < -0.4 is 10.5 Å². The van der Waals surface area contributed by atoms with Crippen molar-refractivity contribution in [3.05, 3.63) is 47.9 Å². The molecular weight excluding hydrogens is 372 g/mol. The van der Waals surface area contributed by atoms with E-state index in [-0.39, 0.29) is 24.0 Å². The SMILES string of the molecule is CC(C)Cn1cnc(S(=O)(=O)NCC(N)c2ccc(C(C)C)cc2)c1.Cl. The van der Waals surface area contributed by atoms with Gasteiger partial charge in [-0.3, -0.25) is 0 Å². The van der Waals surface area contributed by atoms with Gasteiger partial charge in [-0.25, -0.2) is 18.1 Å². The second-order valence-corrected chi connectivity index (χ2v) is 8.80. The zero-order valence-electron chi connectivity index (χ0n) is 15.7. The third-order valence-corrected chi connectivity index (χ3v) is 5.29. The first-order valence-corrected chi connectivity index (χ1v) is 10.0. The quantitative estimate of drug-likeness (QED) is 0.712. The summed E-state index contributed by atoms with van der Waals surface area (Å²) < 4.78 is 29.1. The lowest BCUT2D eigenvalue weighted by atomic mass is 9.99. The summed E-state index contributed by atoms with van der Waals surface area (Å²) in [6.07, 6.45) is 3.09. The van der Waals surface area contributed by atoms with E-state index in [0.717, 1.165) is 12.1 Å². The molecule has 2 aromatic rings. The van der Waals surface area contributed by atoms with Gasteiger partial charge in [-0.05, 0) is 23.0 Å². The van der Waals surface area contributed by atoms with Crippen LogP contribution in [0.1, 0.15) is 50.8 Å². The van der Waals surface area contributed by atoms with Crippen LogP contribution >= 0.6 is 12.4 Å². The van der Waals surface area contributed by atoms with Crippen molar-refractivity contribution in [2.75, 3.05) is 6.54 Å². The predicted octanol–water partition coefficient (Wildman–Crippen LogP) is 3.06. The Morgan fingerprint density at radius 2 is 1.69 bits per heavy atom. The van der Waals surface area contributed by atoms with Gasteiger partial charge in [0.25, 0.3) is 10.0 Å². The van der Waals surface area contributed by atoms with Crippen molar-refractivity contribution < 1.29 is 8.42 Å². The zero-order valence-corrected chi connectivity index (χ0v) is 17.3. The number of imidazole rings is 1. The van der Waals surface area contributed by atoms with Gasteiger partial charge in [-0.15, -0.1) is 12.4 Å². The summed E-state index contributed by atoms with van der Waals surface area (Å²) in [4.78, 5) is 3.99. The molecule has 1 aromatic heterocycles. The van der Waals surface area contributed by atoms with E-state index in [1.54, 1.807) is 17.1 Å². The fourth-order valence-electron chi connectivity index (χ4n) is 2.52. The standard InChI is InChI=1S/C18H28N4O2S.ClH/c1-13(2)10-22-11-18(20-12-22)25(23,24)21-9-17(19)16-7-5-15(6-8-16)14(3)4;/h5-8,11-14,17,21H,9-10,19H2,1-4H3;1H. The molecule has 1 unspecified atom stereocenters. The van der Waals surface area contributed by atoms with Crippen molar-refractivity contribution >= 4 is 22.4 Å². The molecule has 1 atom stereocenters. The smallest absolute Gasteiger partial charge is 0.259 e. The second-order valence-electron chi connectivity index (χ2n) is 7.08. The van der Waals surface area contributed by atoms with E-state index in [4.69, 9.17) is 5.73 Å². The molecule has 0 saturated carbocycles. The van der Waals surface area contributed by atoms with Crippen LogP contribution in [0.25, 0.3) is 0 Å². The molecule has 8 heteroatoms. The summed E-state index contributed by atoms with van der Waals surface area (Å²) in [6, 6.07) is 7.55. The summed E-state index contributed by atoms with van der Waals surface area (Å²) in [6.45, 7) is 9.24. The number of rotatable bonds is 8. The Labute approximate surface area is 162 Å². The van der Waals surface area contributed by atoms with E-state index in [2.05, 4.69) is 37.4 Å². The summed E-state index contributed by atoms with van der Waals surface area (Å²) in [5, 5.41) is 0.0236. The van der Waals surface area contributed by atoms with E-state index in [1.165, 1.54) is 5.56 Å². The molecule has 0 bridgehead atoms. The molecule has 0 fully saturated rings. The van der Waals surface area contributed by atoms with E-state index in [0.29, 0.717) is 11.8 Å². The maximum atomic E-state index is 12.4. The van der Waals surface area contributed by atoms with Crippen LogP contribution in [-0.4, -0.2) is 24.5 Å². The molecule has 6 nitrogen and oxygen atoms in total. The van der Waals surface area contributed by atoms with Crippen LogP contribution in [0.3, 0.4) is 0 Å². The van der Waals surface area contributed by atoms with Crippen molar-refractivity contribution in [3.63, 3.8) is 0 Å². The lowest BCUT2D eigenvalue weighted by molar-refractivity contribution is 0.521. The first-order valence-electron chi connectivity index (χ1n) is 8.56. The van der Waals surface area contributed by atoms with Gasteiger partial charge in [0.2, 0.25) is 0 Å². The Hall–Kier alpha value is -1.41. The molecule has 1 heterocycles. The lowest BCUT2D eigenvalue weighted by Crippen LogP contribution is -2.32. The molecule has 2 rings (SSSR count). The maximum absolute atomic E-state index is 12.4. The largest absolute Gasteiger partial charge is 0.336 e. The first kappa shape index (κ1) is 22.6. The van der Waals surface area contributed by atoms with Gasteiger partial charge in [0, 0.05) is 25.3 Å². The minimum Gasteiger partial charge on any atom is -0.336 e. The molecule has 0 radical (unpaired) electrons. The van der Waals surface area contributed by atoms with E-state index in [9.17, 15) is 8.42 Å². The van der Waals surface area contributed by atoms with E-state index in [1.807, 2.05) is 24.3 Å². The molecule has 3 N–H and O–H groups in total. The monoisotopic (exact) mass is 400 g/mol. The Kier molecular flexibility index (Phi) is 8.27. The Balaban J connectivity index is 0.00000338. The van der Waals surface area contributed by atoms with Crippen molar-refractivity contribution in [2.24, 2.45) is 11.7 Å². The van der Waals surface area contributed by atoms with Gasteiger partial charge < -0.3 is 10.3 Å². The fourth-order valence-corrected chi connectivity index (χ4v) is 3.53. The number of sulfonamides is 1. The van der Waals surface area contributed by atoms with Crippen molar-refractivity contribution in [1.82, 2.24) is 14.3 Å². The molecule has 0 aliphatic heterocycles. The van der Waals surface area contributed by atoms with Crippen molar-refractivity contribution in [1.29, 1.82) is 0 Å². The van der Waals surface area contributed by atoms with Crippen LogP contribution in [-0.2, 0) is 16.6 Å². The predicted molar refractivity (Wildman–Crippen MR) is 107 cm³/mol. The van der Waals surface area contributed by atoms with Crippen LogP contribution in [0, 0.1) is 5.92 Å². The number of nitrogens with zero attached hydrogens (tertiary/aromatic N) is 2. The fraction of sp³-hybridized carbons (Fsp3) is 0.500. The van der Waals surface area contributed by atoms with Crippen molar-refractivity contribution in [2.45, 2.75) is 51.2 Å². The van der Waals surface area contributed by atoms with E-state index < -0.39 is 16.1 Å². The Morgan fingerprint density at radius 1 is 1.12 bits per heavy atom. The average molecular weight is 401 g/mol. The lowest BCUT2D eigenvalue weighted by Gasteiger charge is -2.14. The maximum Gasteiger partial charge on any atom is 0.259 e. The Morgan fingerprint density at radius 3 is 2.23 bits per heavy atom. The molecule has 146 valence electrons. The number of hydrogen-bond acceptors (Lipinski definition) is 4. The Bertz CT molecular complexity index is 786. The highest BCUT2D eigenvalue weighted by atomic mass is 35.5. The van der Waals surface area contributed by atoms with Crippen LogP contribution in [0.15, 0.2) is 41.8 Å². The molecule has 0 amide bonds. The summed E-state index contributed by atoms with van der Waals surface area (Å²) in [5.41, 5.74) is 8.25. The molecule has 26 heavy (non-hydrogen) atoms. The van der Waals surface area contributed by atoms with Gasteiger partial charge in [0.05, 0.1) is 6.33 Å². The summed E-state index contributed by atoms with van der Waals surface area (Å²) in [5.74, 6) is 0.865. The number of aromatic nitrogens is 2. The third kappa shape index (κ3) is 6.09. The molecule has 0 aliphatic rings. The van der Waals surface area contributed by atoms with Crippen molar-refractivity contribution in [3.8, 4) is 0 Å². The number of halogens is 1. The van der Waals surface area contributed by atoms with Gasteiger partial charge >= 0.3 is 0 Å². The average Bonchev–Trinajstić information content (AvgIpc) is 3.01. The second kappa shape index (κ2) is 9.50. The number of benzene rings is 1. The molecule has 0 spiro atoms. The van der Waals surface area contributed by atoms with Gasteiger partial charge in [0.15, 0.2) is 5.03 Å². The van der Waals surface area contributed by atoms with Crippen LogP contribution in [0.2, 0.25) is 0 Å². The number of hydrogen-bond donors (Lipinski definition) is 2. The summed E-state index contributed by atoms with van der Waals surface area (Å²) >= 11 is 0. The minimum absolute atomic E-state index is 0. The van der Waals surface area contributed by atoms with Gasteiger partial charge in [-0.2, -0.15) is 0 Å². The van der Waals surface area contributed by atoms with Gasteiger partial charge in [0.1, 0.15) is 0 Å². The zero-order chi connectivity index (χ0) is 18.6. The van der Waals surface area contributed by atoms with Crippen LogP contribution in [0.5, 0.6) is 0 Å². The number of nitrogens with two attached hydrogens (primary N) is 1. The highest BCUT2D eigenvalue weighted by Crippen LogP contribution is 2.18. The molecule has 1 aromatic carbocycles. The van der Waals surface area contributed by atoms with Gasteiger partial charge in [-0.1, -0.05) is 52.0 Å². The normalized spacial score (nSPS) is 13.0. The molecule has 0 saturated heterocycles. The van der Waals surface area contributed by atoms with Crippen LogP contribution in [0.4, 0.5) is 0 Å². The highest BCUT2D eigenvalue weighted by molar-refractivity contribution is 7.89. The molecule has 0 aliphatic carbocycles.